The van der Waals surface area contributed by atoms with E-state index in [9.17, 15) is 9.59 Å². The van der Waals surface area contributed by atoms with Gasteiger partial charge in [-0.05, 0) is 6.42 Å². The van der Waals surface area contributed by atoms with Crippen molar-refractivity contribution in [3.8, 4) is 0 Å². The van der Waals surface area contributed by atoms with E-state index in [1.54, 1.807) is 28.2 Å². The summed E-state index contributed by atoms with van der Waals surface area (Å²) in [6, 6.07) is 0.0185. The molecule has 1 saturated heterocycles. The van der Waals surface area contributed by atoms with Gasteiger partial charge in [0, 0.05) is 40.7 Å². The highest BCUT2D eigenvalue weighted by Gasteiger charge is 2.17. The van der Waals surface area contributed by atoms with Gasteiger partial charge in [-0.25, -0.2) is 4.79 Å². The van der Waals surface area contributed by atoms with Crippen molar-refractivity contribution in [2.75, 3.05) is 34.7 Å². The largest absolute Gasteiger partial charge is 0.356 e. The van der Waals surface area contributed by atoms with E-state index in [0.29, 0.717) is 0 Å². The van der Waals surface area contributed by atoms with E-state index < -0.39 is 0 Å². The predicted octanol–water partition coefficient (Wildman–Crippen LogP) is 0.372. The molecule has 1 unspecified atom stereocenters. The highest BCUT2D eigenvalue weighted by Crippen LogP contribution is 2.05. The highest BCUT2D eigenvalue weighted by molar-refractivity contribution is 5.80. The summed E-state index contributed by atoms with van der Waals surface area (Å²) in [7, 11) is 6.90. The first-order chi connectivity index (χ1) is 6.86. The summed E-state index contributed by atoms with van der Waals surface area (Å²) in [6.45, 7) is 2.82. The number of nitrogens with one attached hydrogen (secondary N) is 1. The van der Waals surface area contributed by atoms with E-state index in [2.05, 4.69) is 5.32 Å². The second-order valence-corrected chi connectivity index (χ2v) is 4.05. The molecule has 15 heavy (non-hydrogen) atoms. The van der Waals surface area contributed by atoms with Gasteiger partial charge in [-0.1, -0.05) is 6.92 Å². The quantitative estimate of drug-likeness (QED) is 0.635. The molecule has 1 heterocycles. The molecule has 5 nitrogen and oxygen atoms in total. The molecule has 1 N–H and O–H groups in total. The fraction of sp³-hybridized carbons (Fsp3) is 0.800. The lowest BCUT2D eigenvalue weighted by Crippen LogP contribution is -2.33. The Morgan fingerprint density at radius 1 is 1.27 bits per heavy atom. The van der Waals surface area contributed by atoms with Crippen molar-refractivity contribution in [3.05, 3.63) is 0 Å². The Kier molecular flexibility index (Phi) is 5.74. The van der Waals surface area contributed by atoms with Crippen molar-refractivity contribution in [1.82, 2.24) is 15.1 Å². The van der Waals surface area contributed by atoms with E-state index >= 15 is 0 Å². The average Bonchev–Trinajstić information content (AvgIpc) is 2.50. The van der Waals surface area contributed by atoms with Gasteiger partial charge in [-0.15, -0.1) is 0 Å². The first kappa shape index (κ1) is 13.7. The van der Waals surface area contributed by atoms with Crippen LogP contribution >= 0.6 is 0 Å². The lowest BCUT2D eigenvalue weighted by molar-refractivity contribution is -0.121. The Morgan fingerprint density at radius 2 is 1.73 bits per heavy atom. The predicted molar refractivity (Wildman–Crippen MR) is 59.6 cm³/mol. The summed E-state index contributed by atoms with van der Waals surface area (Å²) >= 11 is 0. The van der Waals surface area contributed by atoms with Gasteiger partial charge in [0.25, 0.3) is 0 Å². The third-order valence-corrected chi connectivity index (χ3v) is 2.09. The molecule has 1 rings (SSSR count). The van der Waals surface area contributed by atoms with Crippen LogP contribution < -0.4 is 5.32 Å². The number of carbonyl (C=O) groups excluding carboxylic acids is 2. The standard InChI is InChI=1S/C5H12N2O.C5H9NO/c1-6(2)5(8)7(3)4;1-4-2-3-6-5(4)7/h1-4H3;4H,2-3H2,1H3,(H,6,7). The van der Waals surface area contributed by atoms with Gasteiger partial charge in [0.1, 0.15) is 0 Å². The molecule has 1 aliphatic heterocycles. The molecule has 0 aromatic carbocycles. The van der Waals surface area contributed by atoms with Crippen molar-refractivity contribution in [2.24, 2.45) is 5.92 Å². The van der Waals surface area contributed by atoms with Crippen molar-refractivity contribution >= 4 is 11.9 Å². The maximum absolute atomic E-state index is 10.7. The molecule has 3 amide bonds. The third kappa shape index (κ3) is 5.24. The maximum atomic E-state index is 10.7. The smallest absolute Gasteiger partial charge is 0.318 e. The molecule has 1 aliphatic rings. The number of hydrogen-bond donors (Lipinski definition) is 1. The highest BCUT2D eigenvalue weighted by atomic mass is 16.2. The molecule has 88 valence electrons. The fourth-order valence-electron chi connectivity index (χ4n) is 1.12. The fourth-order valence-corrected chi connectivity index (χ4v) is 1.12. The van der Waals surface area contributed by atoms with Gasteiger partial charge in [0.05, 0.1) is 0 Å². The van der Waals surface area contributed by atoms with E-state index in [4.69, 9.17) is 0 Å². The zero-order valence-electron chi connectivity index (χ0n) is 10.2. The van der Waals surface area contributed by atoms with Crippen LogP contribution in [-0.2, 0) is 4.79 Å². The van der Waals surface area contributed by atoms with Gasteiger partial charge in [0.2, 0.25) is 5.91 Å². The molecule has 0 aliphatic carbocycles. The normalized spacial score (nSPS) is 18.7. The molecule has 0 aromatic heterocycles. The van der Waals surface area contributed by atoms with Gasteiger partial charge < -0.3 is 15.1 Å². The van der Waals surface area contributed by atoms with Crippen molar-refractivity contribution in [2.45, 2.75) is 13.3 Å². The topological polar surface area (TPSA) is 52.7 Å². The van der Waals surface area contributed by atoms with Gasteiger partial charge in [-0.2, -0.15) is 0 Å². The summed E-state index contributed by atoms with van der Waals surface area (Å²) in [6.07, 6.45) is 1.01. The van der Waals surface area contributed by atoms with E-state index in [1.165, 1.54) is 9.80 Å². The maximum Gasteiger partial charge on any atom is 0.318 e. The lowest BCUT2D eigenvalue weighted by atomic mass is 10.1. The molecule has 0 radical (unpaired) electrons. The van der Waals surface area contributed by atoms with Crippen LogP contribution in [0.5, 0.6) is 0 Å². The SMILES string of the molecule is CC1CCNC1=O.CN(C)C(=O)N(C)C. The Hall–Kier alpha value is -1.26. The van der Waals surface area contributed by atoms with Crippen LogP contribution in [0.4, 0.5) is 4.79 Å². The van der Waals surface area contributed by atoms with Gasteiger partial charge in [-0.3, -0.25) is 4.79 Å². The van der Waals surface area contributed by atoms with Gasteiger partial charge in [0.15, 0.2) is 0 Å². The van der Waals surface area contributed by atoms with E-state index in [-0.39, 0.29) is 17.9 Å². The number of nitrogens with zero attached hydrogens (tertiary/aromatic N) is 2. The number of carbonyl (C=O) groups is 2. The summed E-state index contributed by atoms with van der Waals surface area (Å²) in [5.41, 5.74) is 0. The molecule has 0 saturated carbocycles. The second kappa shape index (κ2) is 6.27. The van der Waals surface area contributed by atoms with Crippen LogP contribution in [0.1, 0.15) is 13.3 Å². The Balaban J connectivity index is 0.000000262. The van der Waals surface area contributed by atoms with E-state index in [0.717, 1.165) is 13.0 Å². The summed E-state index contributed by atoms with van der Waals surface area (Å²) < 4.78 is 0. The number of urea groups is 1. The molecule has 5 heteroatoms. The van der Waals surface area contributed by atoms with Gasteiger partial charge >= 0.3 is 6.03 Å². The number of hydrogen-bond acceptors (Lipinski definition) is 2. The minimum atomic E-state index is 0.0185. The van der Waals surface area contributed by atoms with Crippen LogP contribution in [0.15, 0.2) is 0 Å². The van der Waals surface area contributed by atoms with Crippen molar-refractivity contribution in [3.63, 3.8) is 0 Å². The first-order valence-electron chi connectivity index (χ1n) is 5.02. The Labute approximate surface area is 91.4 Å². The van der Waals surface area contributed by atoms with Crippen LogP contribution in [0.2, 0.25) is 0 Å². The Bertz CT molecular complexity index is 217. The molecular formula is C10H21N3O2. The third-order valence-electron chi connectivity index (χ3n) is 2.09. The first-order valence-corrected chi connectivity index (χ1v) is 5.02. The van der Waals surface area contributed by atoms with E-state index in [1.807, 2.05) is 6.92 Å². The number of rotatable bonds is 0. The van der Waals surface area contributed by atoms with Crippen molar-refractivity contribution in [1.29, 1.82) is 0 Å². The second-order valence-electron chi connectivity index (χ2n) is 4.05. The summed E-state index contributed by atoms with van der Waals surface area (Å²) in [5, 5.41) is 2.73. The minimum Gasteiger partial charge on any atom is -0.356 e. The average molecular weight is 215 g/mol. The molecule has 1 fully saturated rings. The Morgan fingerprint density at radius 3 is 1.80 bits per heavy atom. The summed E-state index contributed by atoms with van der Waals surface area (Å²) in [4.78, 5) is 24.2. The minimum absolute atomic E-state index is 0.0185. The van der Waals surface area contributed by atoms with Crippen molar-refractivity contribution < 1.29 is 9.59 Å². The molecule has 0 bridgehead atoms. The number of amides is 3. The van der Waals surface area contributed by atoms with Crippen LogP contribution in [0.25, 0.3) is 0 Å². The monoisotopic (exact) mass is 215 g/mol. The molecule has 0 aromatic rings. The van der Waals surface area contributed by atoms with Crippen LogP contribution in [-0.4, -0.2) is 56.5 Å². The van der Waals surface area contributed by atoms with Crippen LogP contribution in [0, 0.1) is 5.92 Å². The lowest BCUT2D eigenvalue weighted by Gasteiger charge is -2.16. The summed E-state index contributed by atoms with van der Waals surface area (Å²) in [5.74, 6) is 0.472. The zero-order valence-corrected chi connectivity index (χ0v) is 10.2. The molecule has 1 atom stereocenters. The van der Waals surface area contributed by atoms with Crippen LogP contribution in [0.3, 0.4) is 0 Å². The zero-order chi connectivity index (χ0) is 12.0. The molecule has 0 spiro atoms. The molecular weight excluding hydrogens is 194 g/mol.